The van der Waals surface area contributed by atoms with Gasteiger partial charge in [0.2, 0.25) is 0 Å². The first-order valence-corrected chi connectivity index (χ1v) is 22.7. The number of ether oxygens (including phenoxy) is 5. The lowest BCUT2D eigenvalue weighted by Gasteiger charge is -2.46. The molecule has 3 aromatic heterocycles. The molecule has 356 valence electrons. The Bertz CT molecular complexity index is 2800. The molecule has 2 saturated carbocycles. The first-order valence-electron chi connectivity index (χ1n) is 22.7. The summed E-state index contributed by atoms with van der Waals surface area (Å²) < 4.78 is 31.5. The number of nitrogens with zero attached hydrogens (tertiary/aromatic N) is 4. The van der Waals surface area contributed by atoms with Crippen LogP contribution in [0, 0.1) is 24.7 Å². The number of carbonyl (C=O) groups is 2. The Kier molecular flexibility index (Phi) is 12.6. The number of aryl methyl sites for hydroxylation is 2. The number of nitrogens with one attached hydrogen (secondary N) is 3. The number of hydrogen-bond acceptors (Lipinski definition) is 13. The summed E-state index contributed by atoms with van der Waals surface area (Å²) in [6, 6.07) is 20.9. The summed E-state index contributed by atoms with van der Waals surface area (Å²) in [6.45, 7) is 12.9. The van der Waals surface area contributed by atoms with Gasteiger partial charge in [0, 0.05) is 114 Å². The van der Waals surface area contributed by atoms with Gasteiger partial charge in [0.15, 0.2) is 0 Å². The second-order valence-electron chi connectivity index (χ2n) is 20.1. The molecule has 4 saturated heterocycles. The molecule has 0 unspecified atom stereocenters. The van der Waals surface area contributed by atoms with Gasteiger partial charge in [-0.25, -0.2) is 9.78 Å². The van der Waals surface area contributed by atoms with Gasteiger partial charge in [-0.05, 0) is 96.7 Å². The van der Waals surface area contributed by atoms with Crippen molar-refractivity contribution < 1.29 is 33.3 Å². The number of methoxy groups -OCH3 is 2. The maximum absolute atomic E-state index is 12.5. The van der Waals surface area contributed by atoms with Gasteiger partial charge < -0.3 is 53.6 Å². The topological polar surface area (TPSA) is 177 Å². The summed E-state index contributed by atoms with van der Waals surface area (Å²) in [4.78, 5) is 54.3. The fourth-order valence-corrected chi connectivity index (χ4v) is 10.3. The fraction of sp³-hybridized carbons (Fsp3) is 0.471. The van der Waals surface area contributed by atoms with Crippen molar-refractivity contribution >= 4 is 34.7 Å². The van der Waals surface area contributed by atoms with E-state index in [1.54, 1.807) is 64.3 Å². The number of anilines is 2. The monoisotopic (exact) mass is 917 g/mol. The summed E-state index contributed by atoms with van der Waals surface area (Å²) >= 11 is 0. The minimum Gasteiger partial charge on any atom is -0.497 e. The molecule has 0 atom stereocenters. The van der Waals surface area contributed by atoms with Gasteiger partial charge in [-0.2, -0.15) is 0 Å². The Morgan fingerprint density at radius 3 is 2.06 bits per heavy atom. The summed E-state index contributed by atoms with van der Waals surface area (Å²) in [5, 5.41) is 13.1. The maximum Gasteiger partial charge on any atom is 0.411 e. The number of amides is 1. The second kappa shape index (κ2) is 17.9. The molecular weight excluding hydrogens is 855 g/mol. The Balaban J connectivity index is 0.000000202. The largest absolute Gasteiger partial charge is 0.497 e. The van der Waals surface area contributed by atoms with Crippen LogP contribution in [0.15, 0.2) is 82.5 Å². The zero-order valence-corrected chi connectivity index (χ0v) is 40.0. The summed E-state index contributed by atoms with van der Waals surface area (Å²) in [5.74, 6) is 3.52. The number of carbonyl (C=O) groups excluding carboxylic acids is 2. The molecule has 0 spiro atoms. The minimum atomic E-state index is -0.783. The van der Waals surface area contributed by atoms with E-state index in [9.17, 15) is 19.2 Å². The van der Waals surface area contributed by atoms with Gasteiger partial charge in [-0.15, -0.1) is 0 Å². The molecule has 2 aliphatic carbocycles. The normalized spacial score (nSPS) is 23.3. The molecule has 3 N–H and O–H groups in total. The van der Waals surface area contributed by atoms with Gasteiger partial charge in [-0.3, -0.25) is 14.5 Å². The van der Waals surface area contributed by atoms with Crippen molar-refractivity contribution in [2.45, 2.75) is 83.5 Å². The van der Waals surface area contributed by atoms with Crippen molar-refractivity contribution in [3.8, 4) is 23.0 Å². The maximum atomic E-state index is 12.5. The Labute approximate surface area is 390 Å². The van der Waals surface area contributed by atoms with Gasteiger partial charge in [0.25, 0.3) is 11.1 Å². The molecule has 4 aliphatic heterocycles. The first kappa shape index (κ1) is 47.0. The minimum absolute atomic E-state index is 0.0432. The number of benzene rings is 2. The van der Waals surface area contributed by atoms with E-state index < -0.39 is 17.2 Å². The van der Waals surface area contributed by atoms with E-state index in [1.807, 2.05) is 50.4 Å². The predicted octanol–water partition coefficient (Wildman–Crippen LogP) is 6.53. The average Bonchev–Trinajstić information content (AvgIpc) is 4.02. The second-order valence-corrected chi connectivity index (χ2v) is 20.1. The SMILES string of the molecule is COc1ccc(CNc2nccc3c(NCC45CC(COc6cc(C)n(C)c(=O)c6)(CN4)C5)cccc23)c(OC)c1.Cc1cc(OCC23CN(C(=O)OC(C)(C)C)C(C=O)(C2)C3)cc(=O)n1C. The van der Waals surface area contributed by atoms with Crippen LogP contribution >= 0.6 is 0 Å². The van der Waals surface area contributed by atoms with Crippen LogP contribution in [0.1, 0.15) is 63.4 Å². The summed E-state index contributed by atoms with van der Waals surface area (Å²) in [5.41, 5.74) is 2.13. The number of aromatic nitrogens is 3. The molecule has 6 fully saturated rings. The highest BCUT2D eigenvalue weighted by Gasteiger charge is 2.68. The lowest BCUT2D eigenvalue weighted by atomic mass is 9.62. The van der Waals surface area contributed by atoms with Crippen LogP contribution in [-0.2, 0) is 30.2 Å². The molecule has 67 heavy (non-hydrogen) atoms. The third kappa shape index (κ3) is 9.54. The van der Waals surface area contributed by atoms with E-state index in [-0.39, 0.29) is 27.5 Å². The van der Waals surface area contributed by atoms with E-state index in [1.165, 1.54) is 11.0 Å². The van der Waals surface area contributed by atoms with Crippen LogP contribution in [-0.4, -0.2) is 95.1 Å². The number of hydrogen-bond donors (Lipinski definition) is 3. The molecule has 6 aliphatic rings. The van der Waals surface area contributed by atoms with Crippen LogP contribution in [0.25, 0.3) is 10.8 Å². The fourth-order valence-electron chi connectivity index (χ4n) is 10.3. The van der Waals surface area contributed by atoms with Crippen LogP contribution in [0.4, 0.5) is 16.3 Å². The zero-order chi connectivity index (χ0) is 47.9. The van der Waals surface area contributed by atoms with Crippen molar-refractivity contribution in [3.05, 3.63) is 111 Å². The van der Waals surface area contributed by atoms with Crippen LogP contribution in [0.2, 0.25) is 0 Å². The molecule has 0 radical (unpaired) electrons. The number of pyridine rings is 3. The molecule has 11 rings (SSSR count). The van der Waals surface area contributed by atoms with Crippen LogP contribution in [0.3, 0.4) is 0 Å². The molecule has 16 nitrogen and oxygen atoms in total. The Hall–Kier alpha value is -6.55. The predicted molar refractivity (Wildman–Crippen MR) is 257 cm³/mol. The highest BCUT2D eigenvalue weighted by Crippen LogP contribution is 2.59. The number of fused-ring (bicyclic) bond motifs is 3. The highest BCUT2D eigenvalue weighted by molar-refractivity contribution is 6.00. The van der Waals surface area contributed by atoms with E-state index in [0.29, 0.717) is 50.6 Å². The average molecular weight is 918 g/mol. The molecule has 4 bridgehead atoms. The van der Waals surface area contributed by atoms with Crippen LogP contribution < -0.4 is 46.0 Å². The smallest absolute Gasteiger partial charge is 0.411 e. The van der Waals surface area contributed by atoms with Gasteiger partial charge in [0.05, 0.1) is 27.4 Å². The van der Waals surface area contributed by atoms with Gasteiger partial charge in [0.1, 0.15) is 46.2 Å². The van der Waals surface area contributed by atoms with E-state index in [4.69, 9.17) is 23.7 Å². The van der Waals surface area contributed by atoms with E-state index >= 15 is 0 Å². The lowest BCUT2D eigenvalue weighted by molar-refractivity contribution is -0.121. The van der Waals surface area contributed by atoms with E-state index in [0.717, 1.165) is 82.9 Å². The first-order chi connectivity index (χ1) is 31.8. The zero-order valence-electron chi connectivity index (χ0n) is 40.0. The highest BCUT2D eigenvalue weighted by atomic mass is 16.6. The van der Waals surface area contributed by atoms with Crippen molar-refractivity contribution in [1.29, 1.82) is 0 Å². The molecule has 7 heterocycles. The summed E-state index contributed by atoms with van der Waals surface area (Å²) in [7, 11) is 6.80. The van der Waals surface area contributed by atoms with Crippen LogP contribution in [0.5, 0.6) is 23.0 Å². The van der Waals surface area contributed by atoms with Gasteiger partial charge in [-0.1, -0.05) is 12.1 Å². The Morgan fingerprint density at radius 2 is 1.46 bits per heavy atom. The van der Waals surface area contributed by atoms with Crippen molar-refractivity contribution in [2.24, 2.45) is 24.9 Å². The third-order valence-electron chi connectivity index (χ3n) is 13.9. The third-order valence-corrected chi connectivity index (χ3v) is 13.9. The molecule has 1 amide bonds. The number of aldehydes is 1. The van der Waals surface area contributed by atoms with Crippen molar-refractivity contribution in [3.63, 3.8) is 0 Å². The van der Waals surface area contributed by atoms with E-state index in [2.05, 4.69) is 45.2 Å². The number of rotatable bonds is 15. The van der Waals surface area contributed by atoms with Crippen molar-refractivity contribution in [1.82, 2.24) is 24.3 Å². The molecular formula is C51H63N7O9. The standard InChI is InChI=1S/C32H37N5O4.C19H26N2O5/c1-21-12-24(14-29(38)37(21)2)41-20-31-16-32(17-31,36-18-31)19-35-27-7-5-6-26-25(27)10-11-33-30(26)34-15-22-8-9-23(39-3)13-28(22)40-4;1-13-6-14(7-15(23)20(13)5)25-12-18-8-19(9-18,11-22)21(10-18)16(24)26-17(2,3)4/h5-14,35-36H,15-20H2,1-4H3,(H,33,34);6-7,11H,8-10,12H2,1-5H3. The lowest BCUT2D eigenvalue weighted by Crippen LogP contribution is -2.54. The quantitative estimate of drug-likeness (QED) is 0.0969. The Morgan fingerprint density at radius 1 is 0.806 bits per heavy atom. The molecule has 16 heteroatoms. The summed E-state index contributed by atoms with van der Waals surface area (Å²) in [6.07, 6.45) is 5.44. The van der Waals surface area contributed by atoms with Gasteiger partial charge >= 0.3 is 6.09 Å². The molecule has 5 aromatic rings. The molecule has 2 aromatic carbocycles. The van der Waals surface area contributed by atoms with Crippen molar-refractivity contribution in [2.75, 3.05) is 57.7 Å².